The highest BCUT2D eigenvalue weighted by molar-refractivity contribution is 7.98. The van der Waals surface area contributed by atoms with Crippen LogP contribution in [0.5, 0.6) is 0 Å². The molecule has 0 atom stereocenters. The van der Waals surface area contributed by atoms with E-state index in [9.17, 15) is 0 Å². The van der Waals surface area contributed by atoms with E-state index in [0.717, 1.165) is 42.3 Å². The van der Waals surface area contributed by atoms with Crippen molar-refractivity contribution in [2.24, 2.45) is 0 Å². The van der Waals surface area contributed by atoms with Gasteiger partial charge in [0.1, 0.15) is 18.0 Å². The SMILES string of the molecule is CCCc1c(NCC)ncnc1Nc1cccc(SC)c1. The summed E-state index contributed by atoms with van der Waals surface area (Å²) in [4.78, 5) is 10.0. The summed E-state index contributed by atoms with van der Waals surface area (Å²) in [6.07, 6.45) is 5.70. The maximum Gasteiger partial charge on any atom is 0.139 e. The van der Waals surface area contributed by atoms with Crippen molar-refractivity contribution in [2.75, 3.05) is 23.4 Å². The smallest absolute Gasteiger partial charge is 0.139 e. The molecule has 0 bridgehead atoms. The van der Waals surface area contributed by atoms with E-state index >= 15 is 0 Å². The van der Waals surface area contributed by atoms with Crippen LogP contribution in [0.25, 0.3) is 0 Å². The van der Waals surface area contributed by atoms with Crippen molar-refractivity contribution in [2.45, 2.75) is 31.6 Å². The third-order valence-corrected chi connectivity index (χ3v) is 3.85. The van der Waals surface area contributed by atoms with Gasteiger partial charge in [-0.1, -0.05) is 19.4 Å². The molecular weight excluding hydrogens is 280 g/mol. The zero-order valence-electron chi connectivity index (χ0n) is 12.8. The number of aromatic nitrogens is 2. The summed E-state index contributed by atoms with van der Waals surface area (Å²) < 4.78 is 0. The first kappa shape index (κ1) is 15.6. The Morgan fingerprint density at radius 3 is 2.67 bits per heavy atom. The fourth-order valence-corrected chi connectivity index (χ4v) is 2.62. The normalized spacial score (nSPS) is 10.4. The third kappa shape index (κ3) is 4.11. The zero-order chi connectivity index (χ0) is 15.1. The standard InChI is InChI=1S/C16H22N4S/c1-4-7-14-15(17-5-2)18-11-19-16(14)20-12-8-6-9-13(10-12)21-3/h6,8-11H,4-5,7H2,1-3H3,(H2,17,18,19,20). The lowest BCUT2D eigenvalue weighted by Gasteiger charge is -2.14. The highest BCUT2D eigenvalue weighted by atomic mass is 32.2. The predicted molar refractivity (Wildman–Crippen MR) is 91.7 cm³/mol. The summed E-state index contributed by atoms with van der Waals surface area (Å²) in [7, 11) is 0. The molecule has 2 rings (SSSR count). The number of hydrogen-bond donors (Lipinski definition) is 2. The Morgan fingerprint density at radius 1 is 1.14 bits per heavy atom. The first-order valence-corrected chi connectivity index (χ1v) is 8.49. The van der Waals surface area contributed by atoms with Crippen molar-refractivity contribution in [3.63, 3.8) is 0 Å². The van der Waals surface area contributed by atoms with Gasteiger partial charge in [0.2, 0.25) is 0 Å². The topological polar surface area (TPSA) is 49.8 Å². The minimum Gasteiger partial charge on any atom is -0.370 e. The molecule has 21 heavy (non-hydrogen) atoms. The summed E-state index contributed by atoms with van der Waals surface area (Å²) in [5, 5.41) is 6.74. The van der Waals surface area contributed by atoms with E-state index in [4.69, 9.17) is 0 Å². The maximum atomic E-state index is 4.42. The Balaban J connectivity index is 2.31. The summed E-state index contributed by atoms with van der Waals surface area (Å²) in [6.45, 7) is 5.10. The van der Waals surface area contributed by atoms with Gasteiger partial charge in [-0.3, -0.25) is 0 Å². The van der Waals surface area contributed by atoms with Crippen LogP contribution in [0, 0.1) is 0 Å². The minimum absolute atomic E-state index is 0.856. The molecule has 0 saturated heterocycles. The van der Waals surface area contributed by atoms with E-state index in [1.165, 1.54) is 4.90 Å². The van der Waals surface area contributed by atoms with Gasteiger partial charge in [-0.05, 0) is 37.8 Å². The second-order valence-electron chi connectivity index (χ2n) is 4.69. The highest BCUT2D eigenvalue weighted by Crippen LogP contribution is 2.26. The molecule has 0 unspecified atom stereocenters. The van der Waals surface area contributed by atoms with Crippen LogP contribution < -0.4 is 10.6 Å². The average Bonchev–Trinajstić information content (AvgIpc) is 2.51. The Hall–Kier alpha value is -1.75. The quantitative estimate of drug-likeness (QED) is 0.746. The van der Waals surface area contributed by atoms with Gasteiger partial charge in [0, 0.05) is 22.7 Å². The lowest BCUT2D eigenvalue weighted by molar-refractivity contribution is 0.902. The molecule has 0 saturated carbocycles. The lowest BCUT2D eigenvalue weighted by atomic mass is 10.1. The largest absolute Gasteiger partial charge is 0.370 e. The Bertz CT molecular complexity index is 586. The van der Waals surface area contributed by atoms with Gasteiger partial charge in [0.25, 0.3) is 0 Å². The van der Waals surface area contributed by atoms with Gasteiger partial charge in [0.05, 0.1) is 0 Å². The first-order valence-electron chi connectivity index (χ1n) is 7.27. The summed E-state index contributed by atoms with van der Waals surface area (Å²) in [5.74, 6) is 1.82. The molecule has 0 radical (unpaired) electrons. The minimum atomic E-state index is 0.856. The Kier molecular flexibility index (Phi) is 5.87. The monoisotopic (exact) mass is 302 g/mol. The third-order valence-electron chi connectivity index (χ3n) is 3.12. The van der Waals surface area contributed by atoms with Crippen LogP contribution in [0.2, 0.25) is 0 Å². The fraction of sp³-hybridized carbons (Fsp3) is 0.375. The van der Waals surface area contributed by atoms with Crippen LogP contribution >= 0.6 is 11.8 Å². The Labute approximate surface area is 130 Å². The van der Waals surface area contributed by atoms with Gasteiger partial charge in [0.15, 0.2) is 0 Å². The van der Waals surface area contributed by atoms with E-state index in [1.807, 2.05) is 0 Å². The molecule has 5 heteroatoms. The van der Waals surface area contributed by atoms with Crippen LogP contribution in [-0.2, 0) is 6.42 Å². The van der Waals surface area contributed by atoms with Crippen molar-refractivity contribution in [1.82, 2.24) is 9.97 Å². The van der Waals surface area contributed by atoms with Gasteiger partial charge >= 0.3 is 0 Å². The van der Waals surface area contributed by atoms with Crippen LogP contribution in [0.3, 0.4) is 0 Å². The average molecular weight is 302 g/mol. The molecule has 2 aromatic rings. The molecule has 1 aromatic heterocycles. The van der Waals surface area contributed by atoms with E-state index < -0.39 is 0 Å². The number of hydrogen-bond acceptors (Lipinski definition) is 5. The summed E-state index contributed by atoms with van der Waals surface area (Å²) in [5.41, 5.74) is 2.21. The molecule has 4 nitrogen and oxygen atoms in total. The number of nitrogens with one attached hydrogen (secondary N) is 2. The van der Waals surface area contributed by atoms with E-state index in [0.29, 0.717) is 0 Å². The second kappa shape index (κ2) is 7.88. The van der Waals surface area contributed by atoms with Crippen molar-refractivity contribution in [1.29, 1.82) is 0 Å². The molecular formula is C16H22N4S. The zero-order valence-corrected chi connectivity index (χ0v) is 13.6. The lowest BCUT2D eigenvalue weighted by Crippen LogP contribution is -2.08. The maximum absolute atomic E-state index is 4.42. The fourth-order valence-electron chi connectivity index (χ4n) is 2.16. The van der Waals surface area contributed by atoms with Crippen molar-refractivity contribution >= 4 is 29.1 Å². The van der Waals surface area contributed by atoms with Crippen LogP contribution in [-0.4, -0.2) is 22.8 Å². The molecule has 0 aliphatic carbocycles. The molecule has 0 amide bonds. The van der Waals surface area contributed by atoms with Crippen molar-refractivity contribution < 1.29 is 0 Å². The molecule has 1 aromatic carbocycles. The summed E-state index contributed by atoms with van der Waals surface area (Å²) in [6, 6.07) is 8.35. The van der Waals surface area contributed by atoms with Crippen molar-refractivity contribution in [3.05, 3.63) is 36.2 Å². The first-order chi connectivity index (χ1) is 10.3. The molecule has 1 heterocycles. The molecule has 0 aliphatic rings. The molecule has 112 valence electrons. The van der Waals surface area contributed by atoms with Gasteiger partial charge in [-0.2, -0.15) is 0 Å². The van der Waals surface area contributed by atoms with Crippen LogP contribution in [0.1, 0.15) is 25.8 Å². The number of nitrogens with zero attached hydrogens (tertiary/aromatic N) is 2. The number of benzene rings is 1. The molecule has 0 spiro atoms. The highest BCUT2D eigenvalue weighted by Gasteiger charge is 2.10. The Morgan fingerprint density at radius 2 is 1.95 bits per heavy atom. The summed E-state index contributed by atoms with van der Waals surface area (Å²) >= 11 is 1.73. The molecule has 0 aliphatic heterocycles. The molecule has 2 N–H and O–H groups in total. The van der Waals surface area contributed by atoms with E-state index in [1.54, 1.807) is 18.1 Å². The van der Waals surface area contributed by atoms with E-state index in [-0.39, 0.29) is 0 Å². The van der Waals surface area contributed by atoms with E-state index in [2.05, 4.69) is 65.0 Å². The van der Waals surface area contributed by atoms with Gasteiger partial charge in [-0.25, -0.2) is 9.97 Å². The van der Waals surface area contributed by atoms with Crippen molar-refractivity contribution in [3.8, 4) is 0 Å². The van der Waals surface area contributed by atoms with Crippen LogP contribution in [0.4, 0.5) is 17.3 Å². The van der Waals surface area contributed by atoms with Gasteiger partial charge < -0.3 is 10.6 Å². The number of anilines is 3. The van der Waals surface area contributed by atoms with Crippen LogP contribution in [0.15, 0.2) is 35.5 Å². The number of thioether (sulfide) groups is 1. The second-order valence-corrected chi connectivity index (χ2v) is 5.57. The van der Waals surface area contributed by atoms with Gasteiger partial charge in [-0.15, -0.1) is 11.8 Å². The molecule has 0 fully saturated rings. The number of rotatable bonds is 7. The predicted octanol–water partition coefficient (Wildman–Crippen LogP) is 4.33.